The van der Waals surface area contributed by atoms with Crippen LogP contribution in [0.15, 0.2) is 34.5 Å². The average Bonchev–Trinajstić information content (AvgIpc) is 2.75. The Morgan fingerprint density at radius 2 is 1.55 bits per heavy atom. The van der Waals surface area contributed by atoms with Crippen LogP contribution in [-0.4, -0.2) is 46.2 Å². The summed E-state index contributed by atoms with van der Waals surface area (Å²) >= 11 is 12.3. The number of carbonyl (C=O) groups excluding carboxylic acids is 2. The number of anilines is 1. The first-order valence-corrected chi connectivity index (χ1v) is 9.57. The van der Waals surface area contributed by atoms with Crippen molar-refractivity contribution in [3.05, 3.63) is 34.3 Å². The first-order chi connectivity index (χ1) is 14.8. The number of ether oxygens (including phenoxy) is 4. The average molecular weight is 470 g/mol. The highest BCUT2D eigenvalue weighted by atomic mass is 35.5. The molecule has 2 aromatic rings. The number of rotatable bonds is 9. The molecule has 31 heavy (non-hydrogen) atoms. The third kappa shape index (κ3) is 5.56. The van der Waals surface area contributed by atoms with E-state index in [9.17, 15) is 9.59 Å². The van der Waals surface area contributed by atoms with Gasteiger partial charge in [-0.2, -0.15) is 5.11 Å². The second-order valence-corrected chi connectivity index (χ2v) is 6.85. The summed E-state index contributed by atoms with van der Waals surface area (Å²) in [6.07, 6.45) is 0. The Hall–Kier alpha value is -3.04. The fraction of sp³-hybridized carbons (Fsp3) is 0.300. The number of amides is 1. The molecule has 0 aliphatic carbocycles. The molecule has 0 saturated carbocycles. The van der Waals surface area contributed by atoms with Crippen LogP contribution in [0.3, 0.4) is 0 Å². The third-order valence-electron chi connectivity index (χ3n) is 4.11. The van der Waals surface area contributed by atoms with E-state index in [2.05, 4.69) is 15.5 Å². The van der Waals surface area contributed by atoms with E-state index >= 15 is 0 Å². The number of nitrogens with zero attached hydrogens (tertiary/aromatic N) is 2. The number of methoxy groups -OCH3 is 4. The van der Waals surface area contributed by atoms with Crippen molar-refractivity contribution < 1.29 is 28.5 Å². The molecular weight excluding hydrogens is 449 g/mol. The summed E-state index contributed by atoms with van der Waals surface area (Å²) in [5, 5.41) is 11.0. The lowest BCUT2D eigenvalue weighted by atomic mass is 10.2. The molecule has 166 valence electrons. The zero-order valence-electron chi connectivity index (χ0n) is 17.5. The van der Waals surface area contributed by atoms with Crippen molar-refractivity contribution in [2.24, 2.45) is 10.2 Å². The van der Waals surface area contributed by atoms with Crippen LogP contribution >= 0.6 is 23.2 Å². The zero-order chi connectivity index (χ0) is 23.1. The maximum Gasteiger partial charge on any atom is 0.258 e. The minimum atomic E-state index is -1.46. The Bertz CT molecular complexity index is 1010. The molecule has 0 bridgehead atoms. The third-order valence-corrected chi connectivity index (χ3v) is 4.71. The van der Waals surface area contributed by atoms with E-state index in [4.69, 9.17) is 42.1 Å². The van der Waals surface area contributed by atoms with Crippen molar-refractivity contribution in [2.75, 3.05) is 33.8 Å². The highest BCUT2D eigenvalue weighted by molar-refractivity contribution is 6.33. The van der Waals surface area contributed by atoms with Gasteiger partial charge in [-0.25, -0.2) is 0 Å². The van der Waals surface area contributed by atoms with Gasteiger partial charge in [0.1, 0.15) is 17.2 Å². The number of hydrogen-bond donors (Lipinski definition) is 1. The number of ketones is 1. The molecule has 2 rings (SSSR count). The Labute approximate surface area is 189 Å². The van der Waals surface area contributed by atoms with Crippen LogP contribution in [0.5, 0.6) is 23.0 Å². The van der Waals surface area contributed by atoms with E-state index in [1.165, 1.54) is 53.6 Å². The van der Waals surface area contributed by atoms with E-state index in [0.29, 0.717) is 16.5 Å². The number of halogens is 2. The predicted molar refractivity (Wildman–Crippen MR) is 117 cm³/mol. The molecule has 1 amide bonds. The van der Waals surface area contributed by atoms with Crippen molar-refractivity contribution >= 4 is 46.3 Å². The SMILES string of the molecule is COc1cc(NC(=O)C(N=Nc2c(Cl)ccc(OC)c2OC)C(C)=O)c(OC)cc1Cl. The first-order valence-electron chi connectivity index (χ1n) is 8.81. The molecule has 0 aromatic heterocycles. The normalized spacial score (nSPS) is 11.7. The van der Waals surface area contributed by atoms with Crippen LogP contribution in [0, 0.1) is 0 Å². The summed E-state index contributed by atoms with van der Waals surface area (Å²) in [6.45, 7) is 1.22. The first kappa shape index (κ1) is 24.2. The van der Waals surface area contributed by atoms with Gasteiger partial charge in [-0.1, -0.05) is 23.2 Å². The Morgan fingerprint density at radius 3 is 2.10 bits per heavy atom. The molecule has 1 unspecified atom stereocenters. The molecule has 1 N–H and O–H groups in total. The van der Waals surface area contributed by atoms with Gasteiger partial charge in [0.15, 0.2) is 17.3 Å². The summed E-state index contributed by atoms with van der Waals surface area (Å²) in [6, 6.07) is 4.61. The number of Topliss-reactive ketones (excluding diaryl/α,β-unsaturated/α-hetero) is 1. The van der Waals surface area contributed by atoms with Gasteiger partial charge in [0.05, 0.1) is 44.2 Å². The minimum absolute atomic E-state index is 0.119. The summed E-state index contributed by atoms with van der Waals surface area (Å²) in [5.41, 5.74) is 0.362. The van der Waals surface area contributed by atoms with Gasteiger partial charge in [0.25, 0.3) is 5.91 Å². The van der Waals surface area contributed by atoms with E-state index in [1.807, 2.05) is 0 Å². The molecular formula is C20H21Cl2N3O6. The van der Waals surface area contributed by atoms with Gasteiger partial charge in [0.2, 0.25) is 6.04 Å². The maximum absolute atomic E-state index is 12.8. The molecule has 0 heterocycles. The molecule has 0 saturated heterocycles. The van der Waals surface area contributed by atoms with E-state index in [0.717, 1.165) is 0 Å². The van der Waals surface area contributed by atoms with Gasteiger partial charge >= 0.3 is 0 Å². The topological polar surface area (TPSA) is 108 Å². The number of hydrogen-bond acceptors (Lipinski definition) is 8. The van der Waals surface area contributed by atoms with Crippen molar-refractivity contribution in [1.82, 2.24) is 0 Å². The summed E-state index contributed by atoms with van der Waals surface area (Å²) < 4.78 is 20.9. The van der Waals surface area contributed by atoms with Crippen molar-refractivity contribution in [3.8, 4) is 23.0 Å². The standard InChI is InChI=1S/C20H21Cl2N3O6/c1-10(26)17(24-25-18-11(21)6-7-14(28-2)19(18)31-5)20(27)23-13-9-15(29-3)12(22)8-16(13)30-4/h6-9,17H,1-5H3,(H,23,27). The van der Waals surface area contributed by atoms with Crippen LogP contribution in [-0.2, 0) is 9.59 Å². The highest BCUT2D eigenvalue weighted by Gasteiger charge is 2.25. The summed E-state index contributed by atoms with van der Waals surface area (Å²) in [5.74, 6) is -0.119. The van der Waals surface area contributed by atoms with Crippen LogP contribution in [0.1, 0.15) is 6.92 Å². The van der Waals surface area contributed by atoms with Gasteiger partial charge in [-0.3, -0.25) is 9.59 Å². The number of carbonyl (C=O) groups is 2. The maximum atomic E-state index is 12.8. The smallest absolute Gasteiger partial charge is 0.258 e. The van der Waals surface area contributed by atoms with Gasteiger partial charge < -0.3 is 24.3 Å². The highest BCUT2D eigenvalue weighted by Crippen LogP contribution is 2.42. The fourth-order valence-corrected chi connectivity index (χ4v) is 2.99. The second-order valence-electron chi connectivity index (χ2n) is 6.04. The van der Waals surface area contributed by atoms with Crippen molar-refractivity contribution in [1.29, 1.82) is 0 Å². The van der Waals surface area contributed by atoms with Gasteiger partial charge in [-0.15, -0.1) is 5.11 Å². The van der Waals surface area contributed by atoms with Crippen LogP contribution in [0.25, 0.3) is 0 Å². The Balaban J connectivity index is 2.38. The minimum Gasteiger partial charge on any atom is -0.495 e. The summed E-state index contributed by atoms with van der Waals surface area (Å²) in [4.78, 5) is 24.9. The lowest BCUT2D eigenvalue weighted by Crippen LogP contribution is -2.32. The van der Waals surface area contributed by atoms with E-state index < -0.39 is 17.7 Å². The summed E-state index contributed by atoms with van der Waals surface area (Å²) in [7, 11) is 5.69. The zero-order valence-corrected chi connectivity index (χ0v) is 19.0. The molecule has 0 aliphatic heterocycles. The fourth-order valence-electron chi connectivity index (χ4n) is 2.57. The molecule has 1 atom stereocenters. The molecule has 9 nitrogen and oxygen atoms in total. The lowest BCUT2D eigenvalue weighted by molar-refractivity contribution is -0.126. The second kappa shape index (κ2) is 10.8. The quantitative estimate of drug-likeness (QED) is 0.420. The largest absolute Gasteiger partial charge is 0.495 e. The monoisotopic (exact) mass is 469 g/mol. The van der Waals surface area contributed by atoms with E-state index in [1.54, 1.807) is 6.07 Å². The van der Waals surface area contributed by atoms with Crippen LogP contribution in [0.4, 0.5) is 11.4 Å². The number of nitrogens with one attached hydrogen (secondary N) is 1. The molecule has 0 radical (unpaired) electrons. The molecule has 0 spiro atoms. The van der Waals surface area contributed by atoms with Crippen LogP contribution in [0.2, 0.25) is 10.0 Å². The molecule has 0 fully saturated rings. The predicted octanol–water partition coefficient (Wildman–Crippen LogP) is 4.71. The molecule has 11 heteroatoms. The Kier molecular flexibility index (Phi) is 8.47. The number of benzene rings is 2. The van der Waals surface area contributed by atoms with Crippen molar-refractivity contribution in [2.45, 2.75) is 13.0 Å². The Morgan fingerprint density at radius 1 is 0.903 bits per heavy atom. The number of azo groups is 1. The lowest BCUT2D eigenvalue weighted by Gasteiger charge is -2.15. The molecule has 2 aromatic carbocycles. The van der Waals surface area contributed by atoms with E-state index in [-0.39, 0.29) is 27.9 Å². The van der Waals surface area contributed by atoms with Crippen molar-refractivity contribution in [3.63, 3.8) is 0 Å². The van der Waals surface area contributed by atoms with Crippen LogP contribution < -0.4 is 24.3 Å². The van der Waals surface area contributed by atoms with Gasteiger partial charge in [0, 0.05) is 12.1 Å². The molecule has 0 aliphatic rings. The van der Waals surface area contributed by atoms with Gasteiger partial charge in [-0.05, 0) is 19.1 Å².